The molecule has 1 aromatic heterocycles. The van der Waals surface area contributed by atoms with E-state index in [1.807, 2.05) is 81.3 Å². The fraction of sp³-hybridized carbons (Fsp3) is 0.257. The fourth-order valence-electron chi connectivity index (χ4n) is 3.99. The van der Waals surface area contributed by atoms with Gasteiger partial charge in [0.2, 0.25) is 0 Å². The summed E-state index contributed by atoms with van der Waals surface area (Å²) in [5.74, 6) is 2.09. The van der Waals surface area contributed by atoms with Gasteiger partial charge in [-0.1, -0.05) is 101 Å². The van der Waals surface area contributed by atoms with E-state index in [4.69, 9.17) is 0 Å². The second kappa shape index (κ2) is 19.7. The number of aliphatic hydroxyl groups is 2. The van der Waals surface area contributed by atoms with Gasteiger partial charge in [-0.25, -0.2) is 9.56 Å². The molecule has 0 saturated heterocycles. The number of hydrogen-bond acceptors (Lipinski definition) is 5. The molecule has 0 aliphatic rings. The van der Waals surface area contributed by atoms with E-state index in [1.165, 1.54) is 16.7 Å². The molecule has 5 nitrogen and oxygen atoms in total. The van der Waals surface area contributed by atoms with Crippen LogP contribution in [0.1, 0.15) is 22.3 Å². The van der Waals surface area contributed by atoms with Crippen LogP contribution >= 0.6 is 21.6 Å². The van der Waals surface area contributed by atoms with Crippen LogP contribution in [-0.4, -0.2) is 60.8 Å². The minimum Gasteiger partial charge on any atom is -0.395 e. The van der Waals surface area contributed by atoms with Crippen molar-refractivity contribution in [3.8, 4) is 0 Å². The van der Waals surface area contributed by atoms with E-state index in [1.54, 1.807) is 0 Å². The van der Waals surface area contributed by atoms with Crippen molar-refractivity contribution in [1.29, 1.82) is 0 Å². The van der Waals surface area contributed by atoms with Crippen LogP contribution in [0.4, 0.5) is 5.69 Å². The lowest BCUT2D eigenvalue weighted by molar-refractivity contribution is -0.692. The molecule has 3 N–H and O–H groups in total. The minimum atomic E-state index is 0.0555. The van der Waals surface area contributed by atoms with Gasteiger partial charge in [-0.05, 0) is 41.3 Å². The highest BCUT2D eigenvalue weighted by atomic mass is 33.1. The second-order valence-corrected chi connectivity index (χ2v) is 12.3. The van der Waals surface area contributed by atoms with Crippen LogP contribution in [0.3, 0.4) is 0 Å². The number of allylic oxidation sites excluding steroid dienone is 4. The maximum atomic E-state index is 9.23. The number of anilines is 1. The number of benzene rings is 2. The van der Waals surface area contributed by atoms with E-state index in [0.717, 1.165) is 41.4 Å². The number of aromatic nitrogens is 1. The molecule has 2 aromatic carbocycles. The van der Waals surface area contributed by atoms with Crippen molar-refractivity contribution in [3.05, 3.63) is 126 Å². The standard InChI is InChI=1S/C35H42N3O2S2/c1-3-31(8-9-33-12-14-35(15-13-33)38(23-26-39)24-27-40)16-19-36-20-28-41-42-29-25-37-21-17-34(18-22-37)11-10-32-6-4-30(2)5-7-32/h3-19,21-22,39-40H,1,20,23-29H2,2H3/q+1/p+1/b9-8+,11-10+,31-16+,36-19?. The number of pyridine rings is 1. The molecule has 0 bridgehead atoms. The summed E-state index contributed by atoms with van der Waals surface area (Å²) >= 11 is 0. The third-order valence-corrected chi connectivity index (χ3v) is 8.79. The zero-order valence-corrected chi connectivity index (χ0v) is 26.1. The quantitative estimate of drug-likeness (QED) is 0.0654. The van der Waals surface area contributed by atoms with Gasteiger partial charge in [0.1, 0.15) is 0 Å². The monoisotopic (exact) mass is 601 g/mol. The number of hydrogen-bond donors (Lipinski definition) is 3. The van der Waals surface area contributed by atoms with Gasteiger partial charge >= 0.3 is 0 Å². The van der Waals surface area contributed by atoms with Gasteiger partial charge in [-0.3, -0.25) is 0 Å². The third-order valence-electron chi connectivity index (χ3n) is 6.40. The predicted molar refractivity (Wildman–Crippen MR) is 184 cm³/mol. The van der Waals surface area contributed by atoms with Crippen LogP contribution in [0.25, 0.3) is 18.2 Å². The first-order valence-corrected chi connectivity index (χ1v) is 16.7. The first-order chi connectivity index (χ1) is 20.6. The molecule has 3 rings (SSSR count). The summed E-state index contributed by atoms with van der Waals surface area (Å²) in [7, 11) is 3.79. The van der Waals surface area contributed by atoms with Gasteiger partial charge in [0, 0.05) is 37.0 Å². The third kappa shape index (κ3) is 12.7. The van der Waals surface area contributed by atoms with Crippen molar-refractivity contribution in [2.75, 3.05) is 49.3 Å². The number of nitrogens with one attached hydrogen (secondary N) is 1. The molecule has 7 heteroatoms. The molecule has 0 aliphatic heterocycles. The molecule has 220 valence electrons. The van der Waals surface area contributed by atoms with Crippen LogP contribution in [0.2, 0.25) is 0 Å². The molecular weight excluding hydrogens is 559 g/mol. The van der Waals surface area contributed by atoms with E-state index < -0.39 is 0 Å². The van der Waals surface area contributed by atoms with Gasteiger partial charge in [0.25, 0.3) is 0 Å². The summed E-state index contributed by atoms with van der Waals surface area (Å²) in [5.41, 5.74) is 6.78. The largest absolute Gasteiger partial charge is 0.395 e. The van der Waals surface area contributed by atoms with Crippen molar-refractivity contribution in [1.82, 2.24) is 0 Å². The highest BCUT2D eigenvalue weighted by Crippen LogP contribution is 2.19. The minimum absolute atomic E-state index is 0.0555. The topological polar surface area (TPSA) is 61.6 Å². The lowest BCUT2D eigenvalue weighted by atomic mass is 10.1. The van der Waals surface area contributed by atoms with Gasteiger partial charge in [0.15, 0.2) is 31.7 Å². The number of aliphatic hydroxyl groups excluding tert-OH is 2. The molecule has 1 heterocycles. The van der Waals surface area contributed by atoms with Gasteiger partial charge < -0.3 is 15.1 Å². The summed E-state index contributed by atoms with van der Waals surface area (Å²) < 4.78 is 2.23. The Labute approximate surface area is 259 Å². The second-order valence-electron chi connectivity index (χ2n) is 9.61. The van der Waals surface area contributed by atoms with Crippen molar-refractivity contribution < 1.29 is 19.8 Å². The Morgan fingerprint density at radius 1 is 0.833 bits per heavy atom. The van der Waals surface area contributed by atoms with E-state index >= 15 is 0 Å². The van der Waals surface area contributed by atoms with Gasteiger partial charge in [-0.15, -0.1) is 0 Å². The molecule has 0 amide bonds. The molecule has 0 atom stereocenters. The van der Waals surface area contributed by atoms with Crippen LogP contribution in [0, 0.1) is 6.92 Å². The van der Waals surface area contributed by atoms with Crippen LogP contribution in [0.5, 0.6) is 0 Å². The molecule has 0 radical (unpaired) electrons. The summed E-state index contributed by atoms with van der Waals surface area (Å²) in [4.78, 5) is 5.32. The molecule has 42 heavy (non-hydrogen) atoms. The highest BCUT2D eigenvalue weighted by molar-refractivity contribution is 8.76. The van der Waals surface area contributed by atoms with E-state index in [0.29, 0.717) is 13.1 Å². The van der Waals surface area contributed by atoms with E-state index in [-0.39, 0.29) is 13.2 Å². The van der Waals surface area contributed by atoms with Crippen molar-refractivity contribution in [2.45, 2.75) is 13.5 Å². The summed E-state index contributed by atoms with van der Waals surface area (Å²) in [6, 6.07) is 21.0. The maximum absolute atomic E-state index is 9.23. The molecule has 0 fully saturated rings. The zero-order chi connectivity index (χ0) is 29.8. The molecule has 3 aromatic rings. The first kappa shape index (κ1) is 33.1. The maximum Gasteiger partial charge on any atom is 0.169 e. The lowest BCUT2D eigenvalue weighted by Crippen LogP contribution is -2.69. The SMILES string of the molecule is C=CC(/C=C/c1ccc(N(CCO)CCO)cc1)=C\C=[NH+]CCSSCC[n+]1ccc(/C=C/c2ccc(C)cc2)cc1. The smallest absolute Gasteiger partial charge is 0.169 e. The van der Waals surface area contributed by atoms with E-state index in [2.05, 4.69) is 84.0 Å². The molecule has 0 spiro atoms. The average Bonchev–Trinajstić information content (AvgIpc) is 3.02. The number of nitrogens with zero attached hydrogens (tertiary/aromatic N) is 2. The normalized spacial score (nSPS) is 12.1. The Bertz CT molecular complexity index is 1310. The highest BCUT2D eigenvalue weighted by Gasteiger charge is 2.05. The van der Waals surface area contributed by atoms with Gasteiger partial charge in [-0.2, -0.15) is 0 Å². The Balaban J connectivity index is 1.32. The average molecular weight is 602 g/mol. The fourth-order valence-corrected chi connectivity index (χ4v) is 5.89. The van der Waals surface area contributed by atoms with Crippen LogP contribution in [0.15, 0.2) is 103 Å². The summed E-state index contributed by atoms with van der Waals surface area (Å²) in [5, 5.41) is 18.5. The predicted octanol–water partition coefficient (Wildman–Crippen LogP) is 4.60. The van der Waals surface area contributed by atoms with Gasteiger partial charge in [0.05, 0.1) is 24.7 Å². The molecule has 0 saturated carbocycles. The van der Waals surface area contributed by atoms with Crippen LogP contribution in [-0.2, 0) is 6.54 Å². The first-order valence-electron chi connectivity index (χ1n) is 14.2. The Morgan fingerprint density at radius 2 is 1.43 bits per heavy atom. The Hall–Kier alpha value is -3.36. The number of aryl methyl sites for hydroxylation is 2. The van der Waals surface area contributed by atoms with Crippen molar-refractivity contribution in [3.63, 3.8) is 0 Å². The Morgan fingerprint density at radius 3 is 2.07 bits per heavy atom. The molecule has 0 aliphatic carbocycles. The summed E-state index contributed by atoms with van der Waals surface area (Å²) in [6.45, 7) is 9.03. The number of rotatable bonds is 18. The lowest BCUT2D eigenvalue weighted by Gasteiger charge is -2.22. The van der Waals surface area contributed by atoms with Crippen LogP contribution < -0.4 is 14.5 Å². The van der Waals surface area contributed by atoms with Crippen molar-refractivity contribution in [2.24, 2.45) is 0 Å². The molecule has 0 unspecified atom stereocenters. The molecular formula is C35H43N3O2S2+2. The Kier molecular flexibility index (Phi) is 15.6. The van der Waals surface area contributed by atoms with Crippen molar-refractivity contribution >= 4 is 51.7 Å². The zero-order valence-electron chi connectivity index (χ0n) is 24.4. The van der Waals surface area contributed by atoms with E-state index in [9.17, 15) is 10.2 Å². The summed E-state index contributed by atoms with van der Waals surface area (Å²) in [6.07, 6.45) is 18.5.